The van der Waals surface area contributed by atoms with E-state index < -0.39 is 0 Å². The van der Waals surface area contributed by atoms with Gasteiger partial charge in [-0.05, 0) is 67.1 Å². The van der Waals surface area contributed by atoms with Gasteiger partial charge in [0.25, 0.3) is 0 Å². The normalized spacial score (nSPS) is 44.5. The first-order chi connectivity index (χ1) is 9.01. The van der Waals surface area contributed by atoms with Gasteiger partial charge in [0, 0.05) is 4.83 Å². The van der Waals surface area contributed by atoms with E-state index in [1.165, 1.54) is 51.4 Å². The molecule has 0 radical (unpaired) electrons. The molecule has 0 amide bonds. The second-order valence-corrected chi connectivity index (χ2v) is 9.49. The second-order valence-electron chi connectivity index (χ2n) is 8.31. The quantitative estimate of drug-likeness (QED) is 0.543. The Hall–Kier alpha value is 0.480. The van der Waals surface area contributed by atoms with Gasteiger partial charge in [0.05, 0.1) is 0 Å². The van der Waals surface area contributed by atoms with Crippen LogP contribution in [0.2, 0.25) is 0 Å². The minimum atomic E-state index is 0.592. The molecule has 5 unspecified atom stereocenters. The standard InChI is InChI=1S/C18H31Br/c1-12-11-15(14-9-6-10-16(19)17(12)14)18(2,3)13-7-4-5-8-13/h12-17H,4-11H2,1-3H3. The average molecular weight is 327 g/mol. The van der Waals surface area contributed by atoms with Crippen LogP contribution in [0.25, 0.3) is 0 Å². The fourth-order valence-electron chi connectivity index (χ4n) is 6.01. The third-order valence-electron chi connectivity index (χ3n) is 7.09. The summed E-state index contributed by atoms with van der Waals surface area (Å²) >= 11 is 4.01. The molecule has 19 heavy (non-hydrogen) atoms. The van der Waals surface area contributed by atoms with Crippen molar-refractivity contribution in [2.45, 2.75) is 77.0 Å². The van der Waals surface area contributed by atoms with Crippen molar-refractivity contribution < 1.29 is 0 Å². The Balaban J connectivity index is 1.80. The van der Waals surface area contributed by atoms with Crippen molar-refractivity contribution in [1.29, 1.82) is 0 Å². The number of hydrogen-bond acceptors (Lipinski definition) is 0. The highest BCUT2D eigenvalue weighted by Gasteiger charge is 2.52. The fourth-order valence-corrected chi connectivity index (χ4v) is 7.25. The lowest BCUT2D eigenvalue weighted by Crippen LogP contribution is -2.37. The molecule has 0 saturated heterocycles. The second kappa shape index (κ2) is 5.35. The lowest BCUT2D eigenvalue weighted by Gasteiger charge is -2.44. The van der Waals surface area contributed by atoms with E-state index in [4.69, 9.17) is 0 Å². The van der Waals surface area contributed by atoms with Gasteiger partial charge >= 0.3 is 0 Å². The van der Waals surface area contributed by atoms with E-state index in [1.807, 2.05) is 0 Å². The number of hydrogen-bond donors (Lipinski definition) is 0. The monoisotopic (exact) mass is 326 g/mol. The van der Waals surface area contributed by atoms with Crippen LogP contribution in [0.1, 0.15) is 72.1 Å². The highest BCUT2D eigenvalue weighted by Crippen LogP contribution is 2.59. The van der Waals surface area contributed by atoms with Gasteiger partial charge in [-0.2, -0.15) is 0 Å². The van der Waals surface area contributed by atoms with Gasteiger partial charge in [-0.25, -0.2) is 0 Å². The molecule has 0 N–H and O–H groups in total. The molecule has 0 bridgehead atoms. The molecule has 3 rings (SSSR count). The van der Waals surface area contributed by atoms with Crippen LogP contribution in [-0.4, -0.2) is 4.83 Å². The summed E-state index contributed by atoms with van der Waals surface area (Å²) in [6, 6.07) is 0. The van der Waals surface area contributed by atoms with Crippen molar-refractivity contribution in [1.82, 2.24) is 0 Å². The highest BCUT2D eigenvalue weighted by atomic mass is 79.9. The van der Waals surface area contributed by atoms with E-state index in [2.05, 4.69) is 36.7 Å². The first-order valence-electron chi connectivity index (χ1n) is 8.66. The van der Waals surface area contributed by atoms with E-state index >= 15 is 0 Å². The third-order valence-corrected chi connectivity index (χ3v) is 8.16. The van der Waals surface area contributed by atoms with E-state index in [0.717, 1.165) is 34.4 Å². The summed E-state index contributed by atoms with van der Waals surface area (Å²) in [5.41, 5.74) is 0.592. The lowest BCUT2D eigenvalue weighted by molar-refractivity contribution is 0.0642. The molecular weight excluding hydrogens is 296 g/mol. The molecule has 3 saturated carbocycles. The first-order valence-corrected chi connectivity index (χ1v) is 9.57. The summed E-state index contributed by atoms with van der Waals surface area (Å²) in [6.07, 6.45) is 11.9. The summed E-state index contributed by atoms with van der Waals surface area (Å²) in [5.74, 6) is 4.94. The van der Waals surface area contributed by atoms with Gasteiger partial charge < -0.3 is 0 Å². The first kappa shape index (κ1) is 14.4. The minimum absolute atomic E-state index is 0.592. The van der Waals surface area contributed by atoms with Crippen LogP contribution in [0.4, 0.5) is 0 Å². The minimum Gasteiger partial charge on any atom is -0.0887 e. The number of halogens is 1. The Bertz CT molecular complexity index is 316. The Kier molecular flexibility index (Phi) is 4.06. The van der Waals surface area contributed by atoms with E-state index in [0.29, 0.717) is 5.41 Å². The molecule has 1 heteroatoms. The van der Waals surface area contributed by atoms with Gasteiger partial charge in [0.15, 0.2) is 0 Å². The molecule has 3 aliphatic rings. The molecule has 110 valence electrons. The van der Waals surface area contributed by atoms with Gasteiger partial charge in [-0.3, -0.25) is 0 Å². The molecule has 3 fully saturated rings. The Morgan fingerprint density at radius 3 is 2.32 bits per heavy atom. The largest absolute Gasteiger partial charge is 0.0887 e. The topological polar surface area (TPSA) is 0 Å². The van der Waals surface area contributed by atoms with Crippen molar-refractivity contribution in [3.63, 3.8) is 0 Å². The van der Waals surface area contributed by atoms with Crippen LogP contribution in [-0.2, 0) is 0 Å². The van der Waals surface area contributed by atoms with E-state index in [9.17, 15) is 0 Å². The summed E-state index contributed by atoms with van der Waals surface area (Å²) in [5, 5.41) is 0. The summed E-state index contributed by atoms with van der Waals surface area (Å²) in [6.45, 7) is 7.75. The maximum Gasteiger partial charge on any atom is 0.0179 e. The van der Waals surface area contributed by atoms with Gasteiger partial charge in [-0.1, -0.05) is 56.0 Å². The van der Waals surface area contributed by atoms with Crippen molar-refractivity contribution in [3.8, 4) is 0 Å². The van der Waals surface area contributed by atoms with Crippen molar-refractivity contribution in [3.05, 3.63) is 0 Å². The SMILES string of the molecule is CC1CC(C(C)(C)C2CCCC2)C2CCCC(Br)C12. The number of alkyl halides is 1. The van der Waals surface area contributed by atoms with Crippen LogP contribution in [0.15, 0.2) is 0 Å². The zero-order valence-electron chi connectivity index (χ0n) is 13.0. The van der Waals surface area contributed by atoms with Gasteiger partial charge in [0.2, 0.25) is 0 Å². The van der Waals surface area contributed by atoms with E-state index in [1.54, 1.807) is 0 Å². The maximum absolute atomic E-state index is 4.01. The molecule has 5 atom stereocenters. The Labute approximate surface area is 128 Å². The average Bonchev–Trinajstić information content (AvgIpc) is 2.98. The highest BCUT2D eigenvalue weighted by molar-refractivity contribution is 9.09. The van der Waals surface area contributed by atoms with Crippen molar-refractivity contribution >= 4 is 15.9 Å². The van der Waals surface area contributed by atoms with Crippen LogP contribution in [0.5, 0.6) is 0 Å². The van der Waals surface area contributed by atoms with Gasteiger partial charge in [-0.15, -0.1) is 0 Å². The van der Waals surface area contributed by atoms with Crippen LogP contribution in [0, 0.1) is 35.0 Å². The summed E-state index contributed by atoms with van der Waals surface area (Å²) in [7, 11) is 0. The van der Waals surface area contributed by atoms with E-state index in [-0.39, 0.29) is 0 Å². The molecule has 0 nitrogen and oxygen atoms in total. The number of rotatable bonds is 2. The molecule has 0 heterocycles. The molecular formula is C18H31Br. The molecule has 0 aromatic carbocycles. The van der Waals surface area contributed by atoms with Gasteiger partial charge in [0.1, 0.15) is 0 Å². The molecule has 0 aromatic heterocycles. The molecule has 0 aliphatic heterocycles. The zero-order valence-corrected chi connectivity index (χ0v) is 14.6. The Morgan fingerprint density at radius 2 is 1.63 bits per heavy atom. The predicted molar refractivity (Wildman–Crippen MR) is 86.6 cm³/mol. The summed E-state index contributed by atoms with van der Waals surface area (Å²) in [4.78, 5) is 0.811. The summed E-state index contributed by atoms with van der Waals surface area (Å²) < 4.78 is 0. The molecule has 0 aromatic rings. The predicted octanol–water partition coefficient (Wildman–Crippen LogP) is 6.04. The van der Waals surface area contributed by atoms with Crippen LogP contribution >= 0.6 is 15.9 Å². The van der Waals surface area contributed by atoms with Crippen molar-refractivity contribution in [2.75, 3.05) is 0 Å². The molecule has 0 spiro atoms. The maximum atomic E-state index is 4.01. The zero-order chi connectivity index (χ0) is 13.6. The lowest BCUT2D eigenvalue weighted by atomic mass is 9.62. The third kappa shape index (κ3) is 2.43. The van der Waals surface area contributed by atoms with Crippen molar-refractivity contribution in [2.24, 2.45) is 35.0 Å². The smallest absolute Gasteiger partial charge is 0.0179 e. The fraction of sp³-hybridized carbons (Fsp3) is 1.00. The van der Waals surface area contributed by atoms with Crippen LogP contribution in [0.3, 0.4) is 0 Å². The van der Waals surface area contributed by atoms with Crippen LogP contribution < -0.4 is 0 Å². The molecule has 3 aliphatic carbocycles. The number of fused-ring (bicyclic) bond motifs is 1. The Morgan fingerprint density at radius 1 is 0.947 bits per heavy atom.